The third-order valence-corrected chi connectivity index (χ3v) is 6.21. The molecule has 0 saturated carbocycles. The number of rotatable bonds is 5. The Morgan fingerprint density at radius 3 is 2.81 bits per heavy atom. The number of sulfone groups is 1. The van der Waals surface area contributed by atoms with Gasteiger partial charge in [0.15, 0.2) is 16.4 Å². The fraction of sp³-hybridized carbons (Fsp3) is 0.375. The van der Waals surface area contributed by atoms with E-state index in [-0.39, 0.29) is 24.2 Å². The molecule has 1 aliphatic heterocycles. The molecule has 7 nitrogen and oxygen atoms in total. The molecule has 0 unspecified atom stereocenters. The number of nitrogens with one attached hydrogen (secondary N) is 1. The highest BCUT2D eigenvalue weighted by Gasteiger charge is 2.31. The molecule has 1 aliphatic rings. The lowest BCUT2D eigenvalue weighted by Gasteiger charge is -2.14. The van der Waals surface area contributed by atoms with Gasteiger partial charge in [-0.25, -0.2) is 13.1 Å². The fourth-order valence-corrected chi connectivity index (χ4v) is 4.93. The van der Waals surface area contributed by atoms with Gasteiger partial charge < -0.3 is 10.1 Å². The van der Waals surface area contributed by atoms with Crippen LogP contribution in [-0.2, 0) is 14.6 Å². The molecule has 2 aromatic rings. The Morgan fingerprint density at radius 2 is 2.15 bits per heavy atom. The van der Waals surface area contributed by atoms with Crippen LogP contribution in [-0.4, -0.2) is 42.2 Å². The van der Waals surface area contributed by atoms with E-state index in [1.54, 1.807) is 29.8 Å². The van der Waals surface area contributed by atoms with Crippen molar-refractivity contribution in [3.8, 4) is 5.75 Å². The number of hydrogen-bond donors (Lipinski definition) is 1. The van der Waals surface area contributed by atoms with Gasteiger partial charge in [-0.05, 0) is 31.5 Å². The van der Waals surface area contributed by atoms with E-state index in [2.05, 4.69) is 10.4 Å². The molecule has 1 aromatic heterocycles. The van der Waals surface area contributed by atoms with Crippen LogP contribution in [0.5, 0.6) is 5.75 Å². The maximum atomic E-state index is 12.2. The molecule has 0 bridgehead atoms. The summed E-state index contributed by atoms with van der Waals surface area (Å²) in [5, 5.41) is 7.80. The van der Waals surface area contributed by atoms with Crippen LogP contribution in [0.1, 0.15) is 18.2 Å². The van der Waals surface area contributed by atoms with E-state index in [0.717, 1.165) is 0 Å². The monoisotopic (exact) mass is 417 g/mol. The molecule has 0 aliphatic carbocycles. The van der Waals surface area contributed by atoms with Gasteiger partial charge in [-0.1, -0.05) is 23.2 Å². The van der Waals surface area contributed by atoms with Crippen LogP contribution in [0.25, 0.3) is 0 Å². The molecule has 1 N–H and O–H groups in total. The fourth-order valence-electron chi connectivity index (χ4n) is 2.77. The van der Waals surface area contributed by atoms with Gasteiger partial charge in [0.1, 0.15) is 11.6 Å². The van der Waals surface area contributed by atoms with Gasteiger partial charge in [-0.3, -0.25) is 4.79 Å². The zero-order valence-electron chi connectivity index (χ0n) is 13.9. The van der Waals surface area contributed by atoms with Gasteiger partial charge in [-0.15, -0.1) is 0 Å². The maximum absolute atomic E-state index is 12.2. The number of aryl methyl sites for hydroxylation is 1. The van der Waals surface area contributed by atoms with Crippen LogP contribution in [0.15, 0.2) is 24.3 Å². The van der Waals surface area contributed by atoms with Gasteiger partial charge in [0.2, 0.25) is 0 Å². The van der Waals surface area contributed by atoms with Crippen molar-refractivity contribution in [3.63, 3.8) is 0 Å². The second-order valence-electron chi connectivity index (χ2n) is 6.08. The maximum Gasteiger partial charge on any atom is 0.263 e. The van der Waals surface area contributed by atoms with E-state index in [1.165, 1.54) is 6.07 Å². The first kappa shape index (κ1) is 19.0. The number of nitrogens with zero attached hydrogens (tertiary/aromatic N) is 2. The smallest absolute Gasteiger partial charge is 0.263 e. The standard InChI is InChI=1S/C16H17Cl2N3O4S/c1-10-6-15(21(20-10)12-4-5-26(23,24)9-12)19-16(22)8-25-14-3-2-11(17)7-13(14)18/h2-3,6-7,12H,4-5,8-9H2,1H3,(H,19,22)/t12-/m0/s1. The topological polar surface area (TPSA) is 90.3 Å². The first-order chi connectivity index (χ1) is 12.2. The molecule has 1 saturated heterocycles. The van der Waals surface area contributed by atoms with Crippen molar-refractivity contribution in [3.05, 3.63) is 40.0 Å². The Balaban J connectivity index is 1.66. The second kappa shape index (κ2) is 7.46. The van der Waals surface area contributed by atoms with Crippen LogP contribution in [0.3, 0.4) is 0 Å². The first-order valence-electron chi connectivity index (χ1n) is 7.88. The number of carbonyl (C=O) groups excluding carboxylic acids is 1. The predicted molar refractivity (Wildman–Crippen MR) is 99.9 cm³/mol. The predicted octanol–water partition coefficient (Wildman–Crippen LogP) is 2.88. The number of carbonyl (C=O) groups is 1. The molecule has 140 valence electrons. The molecule has 1 fully saturated rings. The SMILES string of the molecule is Cc1cc(NC(=O)COc2ccc(Cl)cc2Cl)n([C@H]2CCS(=O)(=O)C2)n1. The molecule has 1 aromatic carbocycles. The van der Waals surface area contributed by atoms with Gasteiger partial charge >= 0.3 is 0 Å². The van der Waals surface area contributed by atoms with E-state index < -0.39 is 15.7 Å². The van der Waals surface area contributed by atoms with Crippen molar-refractivity contribution < 1.29 is 17.9 Å². The van der Waals surface area contributed by atoms with Gasteiger partial charge in [0.25, 0.3) is 5.91 Å². The summed E-state index contributed by atoms with van der Waals surface area (Å²) in [6.45, 7) is 1.52. The minimum Gasteiger partial charge on any atom is -0.482 e. The van der Waals surface area contributed by atoms with Crippen molar-refractivity contribution in [2.24, 2.45) is 0 Å². The summed E-state index contributed by atoms with van der Waals surface area (Å²) in [7, 11) is -3.06. The van der Waals surface area contributed by atoms with Gasteiger partial charge in [0.05, 0.1) is 28.3 Å². The molecular weight excluding hydrogens is 401 g/mol. The van der Waals surface area contributed by atoms with Crippen molar-refractivity contribution in [1.82, 2.24) is 9.78 Å². The lowest BCUT2D eigenvalue weighted by Crippen LogP contribution is -2.23. The molecule has 1 atom stereocenters. The number of aromatic nitrogens is 2. The van der Waals surface area contributed by atoms with E-state index in [9.17, 15) is 13.2 Å². The van der Waals surface area contributed by atoms with E-state index >= 15 is 0 Å². The highest BCUT2D eigenvalue weighted by molar-refractivity contribution is 7.91. The number of hydrogen-bond acceptors (Lipinski definition) is 5. The number of anilines is 1. The number of amides is 1. The van der Waals surface area contributed by atoms with Crippen LogP contribution >= 0.6 is 23.2 Å². The lowest BCUT2D eigenvalue weighted by molar-refractivity contribution is -0.118. The van der Waals surface area contributed by atoms with E-state index in [1.807, 2.05) is 0 Å². The minimum atomic E-state index is -3.06. The van der Waals surface area contributed by atoms with Crippen LogP contribution < -0.4 is 10.1 Å². The third kappa shape index (κ3) is 4.49. The van der Waals surface area contributed by atoms with Crippen molar-refractivity contribution in [2.45, 2.75) is 19.4 Å². The highest BCUT2D eigenvalue weighted by Crippen LogP contribution is 2.28. The van der Waals surface area contributed by atoms with Gasteiger partial charge in [0, 0.05) is 11.1 Å². The Labute approximate surface area is 161 Å². The summed E-state index contributed by atoms with van der Waals surface area (Å²) in [5.41, 5.74) is 0.686. The van der Waals surface area contributed by atoms with Crippen molar-refractivity contribution >= 4 is 44.8 Å². The number of ether oxygens (including phenoxy) is 1. The van der Waals surface area contributed by atoms with Crippen molar-refractivity contribution in [1.29, 1.82) is 0 Å². The summed E-state index contributed by atoms with van der Waals surface area (Å²) >= 11 is 11.8. The van der Waals surface area contributed by atoms with Crippen LogP contribution in [0.2, 0.25) is 10.0 Å². The summed E-state index contributed by atoms with van der Waals surface area (Å²) in [6.07, 6.45) is 0.475. The average Bonchev–Trinajstić information content (AvgIpc) is 3.08. The summed E-state index contributed by atoms with van der Waals surface area (Å²) < 4.78 is 30.4. The minimum absolute atomic E-state index is 0.0217. The normalized spacial score (nSPS) is 18.7. The summed E-state index contributed by atoms with van der Waals surface area (Å²) in [6, 6.07) is 6.12. The molecule has 2 heterocycles. The molecular formula is C16H17Cl2N3O4S. The Hall–Kier alpha value is -1.77. The Bertz CT molecular complexity index is 943. The van der Waals surface area contributed by atoms with E-state index in [0.29, 0.717) is 33.7 Å². The average molecular weight is 418 g/mol. The number of halogens is 2. The largest absolute Gasteiger partial charge is 0.482 e. The van der Waals surface area contributed by atoms with Crippen LogP contribution in [0.4, 0.5) is 5.82 Å². The quantitative estimate of drug-likeness (QED) is 0.807. The van der Waals surface area contributed by atoms with Crippen molar-refractivity contribution in [2.75, 3.05) is 23.4 Å². The second-order valence-corrected chi connectivity index (χ2v) is 9.16. The number of benzene rings is 1. The van der Waals surface area contributed by atoms with Crippen LogP contribution in [0, 0.1) is 6.92 Å². The zero-order chi connectivity index (χ0) is 18.9. The van der Waals surface area contributed by atoms with Gasteiger partial charge in [-0.2, -0.15) is 5.10 Å². The summed E-state index contributed by atoms with van der Waals surface area (Å²) in [4.78, 5) is 12.2. The Morgan fingerprint density at radius 1 is 1.38 bits per heavy atom. The molecule has 26 heavy (non-hydrogen) atoms. The summed E-state index contributed by atoms with van der Waals surface area (Å²) in [5.74, 6) is 0.534. The molecule has 10 heteroatoms. The zero-order valence-corrected chi connectivity index (χ0v) is 16.2. The lowest BCUT2D eigenvalue weighted by atomic mass is 10.3. The highest BCUT2D eigenvalue weighted by atomic mass is 35.5. The Kier molecular flexibility index (Phi) is 5.45. The molecule has 0 radical (unpaired) electrons. The molecule has 3 rings (SSSR count). The molecule has 0 spiro atoms. The first-order valence-corrected chi connectivity index (χ1v) is 10.5. The molecule has 1 amide bonds. The third-order valence-electron chi connectivity index (χ3n) is 3.93. The van der Waals surface area contributed by atoms with E-state index in [4.69, 9.17) is 27.9 Å².